The van der Waals surface area contributed by atoms with Crippen molar-refractivity contribution >= 4 is 36.5 Å². The monoisotopic (exact) mass is 1380 g/mol. The fraction of sp³-hybridized carbons (Fsp3) is 0.0714. The molecule has 3 aliphatic rings. The maximum Gasteiger partial charge on any atom is 0.157 e. The van der Waals surface area contributed by atoms with Crippen LogP contribution in [0, 0.1) is 0 Å². The van der Waals surface area contributed by atoms with Crippen LogP contribution in [0.3, 0.4) is 0 Å². The van der Waals surface area contributed by atoms with E-state index >= 15 is 0 Å². The van der Waals surface area contributed by atoms with Crippen molar-refractivity contribution in [3.8, 4) is 109 Å². The van der Waals surface area contributed by atoms with E-state index in [1.54, 1.807) is 194 Å². The highest BCUT2D eigenvalue weighted by Gasteiger charge is 2.54. The Labute approximate surface area is 589 Å². The number of benzene rings is 12. The van der Waals surface area contributed by atoms with Crippen molar-refractivity contribution < 1.29 is 96.7 Å². The molecule has 18 N–H and O–H groups in total. The summed E-state index contributed by atoms with van der Waals surface area (Å²) in [4.78, 5) is 0. The third-order valence-electron chi connectivity index (χ3n) is 17.9. The summed E-state index contributed by atoms with van der Waals surface area (Å²) in [5.74, 6) is -1.07. The Bertz CT molecular complexity index is 5010. The van der Waals surface area contributed by atoms with Gasteiger partial charge in [0.15, 0.2) is 11.5 Å². The molecule has 19 nitrogen and oxygen atoms in total. The molecule has 6 atom stereocenters. The Morgan fingerprint density at radius 1 is 0.214 bits per heavy atom. The Hall–Kier alpha value is -13.9. The first kappa shape index (κ1) is 69.0. The van der Waals surface area contributed by atoms with Crippen LogP contribution in [0.25, 0.3) is 36.5 Å². The van der Waals surface area contributed by atoms with Gasteiger partial charge >= 0.3 is 0 Å². The van der Waals surface area contributed by atoms with Gasteiger partial charge < -0.3 is 96.7 Å². The molecule has 0 fully saturated rings. The van der Waals surface area contributed by atoms with Gasteiger partial charge in [-0.25, -0.2) is 0 Å². The molecule has 0 amide bonds. The molecule has 0 saturated heterocycles. The molecule has 12 aromatic carbocycles. The van der Waals surface area contributed by atoms with Crippen molar-refractivity contribution in [1.29, 1.82) is 0 Å². The summed E-state index contributed by atoms with van der Waals surface area (Å²) in [6.07, 6.45) is 10.1. The van der Waals surface area contributed by atoms with Gasteiger partial charge in [0.05, 0.1) is 5.92 Å². The zero-order valence-corrected chi connectivity index (χ0v) is 54.3. The third kappa shape index (κ3) is 15.7. The van der Waals surface area contributed by atoms with Gasteiger partial charge in [0.1, 0.15) is 104 Å². The molecular formula is C84H68O19. The summed E-state index contributed by atoms with van der Waals surface area (Å²) in [5.41, 5.74) is 11.3. The highest BCUT2D eigenvalue weighted by atomic mass is 16.5. The average molecular weight is 1380 g/mol. The Morgan fingerprint density at radius 2 is 0.553 bits per heavy atom. The first-order valence-electron chi connectivity index (χ1n) is 32.1. The lowest BCUT2D eigenvalue weighted by atomic mass is 9.79. The van der Waals surface area contributed by atoms with E-state index in [0.717, 1.165) is 44.5 Å². The van der Waals surface area contributed by atoms with Crippen LogP contribution in [0.2, 0.25) is 0 Å². The number of ether oxygens (including phenoxy) is 1. The molecule has 2 aliphatic carbocycles. The zero-order chi connectivity index (χ0) is 72.9. The number of hydrogen-bond donors (Lipinski definition) is 18. The van der Waals surface area contributed by atoms with Gasteiger partial charge in [-0.1, -0.05) is 103 Å². The Morgan fingerprint density at radius 3 is 0.971 bits per heavy atom. The van der Waals surface area contributed by atoms with E-state index in [-0.39, 0.29) is 127 Å². The second-order valence-electron chi connectivity index (χ2n) is 25.0. The van der Waals surface area contributed by atoms with Crippen LogP contribution in [0.5, 0.6) is 109 Å². The molecule has 103 heavy (non-hydrogen) atoms. The van der Waals surface area contributed by atoms with Crippen molar-refractivity contribution in [2.24, 2.45) is 0 Å². The van der Waals surface area contributed by atoms with E-state index in [0.29, 0.717) is 44.7 Å². The van der Waals surface area contributed by atoms with Crippen LogP contribution in [-0.2, 0) is 0 Å². The maximum atomic E-state index is 11.0. The smallest absolute Gasteiger partial charge is 0.157 e. The second kappa shape index (κ2) is 29.2. The van der Waals surface area contributed by atoms with Crippen LogP contribution in [0.4, 0.5) is 0 Å². The van der Waals surface area contributed by atoms with E-state index in [1.165, 1.54) is 54.6 Å². The summed E-state index contributed by atoms with van der Waals surface area (Å²) in [7, 11) is 0. The van der Waals surface area contributed by atoms with Gasteiger partial charge in [-0.3, -0.25) is 0 Å². The van der Waals surface area contributed by atoms with E-state index < -0.39 is 12.0 Å². The predicted octanol–water partition coefficient (Wildman–Crippen LogP) is 16.4. The quantitative estimate of drug-likeness (QED) is 0.0447. The van der Waals surface area contributed by atoms with Gasteiger partial charge in [0, 0.05) is 76.8 Å². The molecule has 1 aliphatic heterocycles. The Balaban J connectivity index is 0.000000136. The van der Waals surface area contributed by atoms with E-state index in [1.807, 2.05) is 18.2 Å². The SMILES string of the molecule is Oc1cc(O)cc(/C=C/c2ccc(O)c(O)c2)c1.Oc1ccc(/C=C/c2cc(O)cc(O)c2)cc1.Oc1ccc(/C=C/c2cc(O)cc3c2C(c2cc(O)cc(O)c2)C(c2ccc(O)cc2)O3)cc1.Oc1ccc(C2c3c(O)cc(O)cc3C3C(c4ccc(O)cc4)c4c(O)cc(O)cc4C23)cc1. The van der Waals surface area contributed by atoms with Crippen LogP contribution in [-0.4, -0.2) is 91.9 Å². The number of fused-ring (bicyclic) bond motifs is 6. The normalized spacial score (nSPS) is 16.6. The molecule has 6 unspecified atom stereocenters. The predicted molar refractivity (Wildman–Crippen MR) is 388 cm³/mol. The minimum Gasteiger partial charge on any atom is -0.508 e. The number of hydrogen-bond acceptors (Lipinski definition) is 19. The summed E-state index contributed by atoms with van der Waals surface area (Å²) in [6, 6.07) is 60.3. The maximum absolute atomic E-state index is 11.0. The highest BCUT2D eigenvalue weighted by Crippen LogP contribution is 2.69. The molecule has 0 saturated carbocycles. The fourth-order valence-corrected chi connectivity index (χ4v) is 13.6. The molecule has 0 spiro atoms. The molecule has 0 radical (unpaired) electrons. The largest absolute Gasteiger partial charge is 0.508 e. The van der Waals surface area contributed by atoms with Crippen LogP contribution >= 0.6 is 0 Å². The molecule has 15 rings (SSSR count). The molecule has 1 heterocycles. The number of phenols is 18. The van der Waals surface area contributed by atoms with Crippen molar-refractivity contribution in [1.82, 2.24) is 0 Å². The standard InChI is InChI=1S/2C28H22O6.C14H12O4.C14H12O3/c29-15-5-1-13(2-6-15)23-25-19(9-17(31)11-21(25)33)28-24(14-3-7-16(30)8-4-14)26-20(27(23)28)10-18(32)12-22(26)34;29-20-7-2-16(3-8-20)1-4-18-11-24(33)15-25-26(18)27(19-12-22(31)14-23(32)13-19)28(34-25)17-5-9-21(30)10-6-17;15-11-5-10(6-12(16)8-11)2-1-9-3-4-13(17)14(18)7-9;15-12-5-3-10(4-6-12)1-2-11-7-13(16)9-14(17)8-11/h1-12,23-24,27-34H;1-15,27-33H;1-8,15-18H;1-9,15-17H/b;4-1+;2*2-1+. The van der Waals surface area contributed by atoms with Crippen LogP contribution in [0.15, 0.2) is 231 Å². The molecule has 19 heteroatoms. The van der Waals surface area contributed by atoms with Crippen LogP contribution in [0.1, 0.15) is 119 Å². The topological polar surface area (TPSA) is 373 Å². The van der Waals surface area contributed by atoms with E-state index in [4.69, 9.17) is 14.9 Å². The highest BCUT2D eigenvalue weighted by molar-refractivity contribution is 5.77. The molecule has 518 valence electrons. The van der Waals surface area contributed by atoms with Crippen LogP contribution < -0.4 is 4.74 Å². The lowest BCUT2D eigenvalue weighted by Crippen LogP contribution is -2.11. The molecule has 0 aromatic heterocycles. The van der Waals surface area contributed by atoms with Gasteiger partial charge in [0.25, 0.3) is 0 Å². The lowest BCUT2D eigenvalue weighted by molar-refractivity contribution is 0.221. The van der Waals surface area contributed by atoms with E-state index in [9.17, 15) is 81.7 Å². The number of phenolic OH excluding ortho intramolecular Hbond substituents is 18. The number of aromatic hydroxyl groups is 18. The Kier molecular flexibility index (Phi) is 19.6. The van der Waals surface area contributed by atoms with Crippen molar-refractivity contribution in [2.75, 3.05) is 0 Å². The summed E-state index contributed by atoms with van der Waals surface area (Å²) in [6.45, 7) is 0. The van der Waals surface area contributed by atoms with Gasteiger partial charge in [-0.05, 0) is 194 Å². The average Bonchev–Trinajstić information content (AvgIpc) is 1.53. The van der Waals surface area contributed by atoms with Gasteiger partial charge in [-0.2, -0.15) is 0 Å². The minimum atomic E-state index is -0.528. The zero-order valence-electron chi connectivity index (χ0n) is 54.3. The van der Waals surface area contributed by atoms with Gasteiger partial charge in [-0.15, -0.1) is 0 Å². The lowest BCUT2D eigenvalue weighted by Gasteiger charge is -2.23. The number of rotatable bonds is 10. The van der Waals surface area contributed by atoms with E-state index in [2.05, 4.69) is 0 Å². The molecule has 0 bridgehead atoms. The summed E-state index contributed by atoms with van der Waals surface area (Å²) >= 11 is 0. The summed E-state index contributed by atoms with van der Waals surface area (Å²) in [5, 5.41) is 177. The molecular weight excluding hydrogens is 1310 g/mol. The van der Waals surface area contributed by atoms with Crippen molar-refractivity contribution in [2.45, 2.75) is 35.7 Å². The van der Waals surface area contributed by atoms with Crippen molar-refractivity contribution in [3.63, 3.8) is 0 Å². The van der Waals surface area contributed by atoms with Gasteiger partial charge in [0.2, 0.25) is 0 Å². The van der Waals surface area contributed by atoms with Crippen molar-refractivity contribution in [3.05, 3.63) is 314 Å². The second-order valence-corrected chi connectivity index (χ2v) is 25.0. The first-order valence-corrected chi connectivity index (χ1v) is 32.1. The third-order valence-corrected chi connectivity index (χ3v) is 17.9. The minimum absolute atomic E-state index is 0.0235. The molecule has 12 aromatic rings. The summed E-state index contributed by atoms with van der Waals surface area (Å²) < 4.78 is 6.30. The first-order chi connectivity index (χ1) is 49.4. The fourth-order valence-electron chi connectivity index (χ4n) is 13.6.